The van der Waals surface area contributed by atoms with Crippen LogP contribution >= 0.6 is 0 Å². The molecule has 1 atom stereocenters. The van der Waals surface area contributed by atoms with Gasteiger partial charge in [0.1, 0.15) is 0 Å². The van der Waals surface area contributed by atoms with Gasteiger partial charge in [-0.25, -0.2) is 0 Å². The van der Waals surface area contributed by atoms with E-state index in [1.165, 1.54) is 38.5 Å². The second-order valence-corrected chi connectivity index (χ2v) is 4.14. The molecular weight excluding hydrogens is 160 g/mol. The molecule has 0 fully saturated rings. The quantitative estimate of drug-likeness (QED) is 0.511. The molecule has 1 aliphatic carbocycles. The van der Waals surface area contributed by atoms with Crippen LogP contribution in [-0.2, 0) is 0 Å². The fourth-order valence-electron chi connectivity index (χ4n) is 1.94. The first-order chi connectivity index (χ1) is 6.36. The maximum Gasteiger partial charge on any atom is 0.0462 e. The molecule has 0 spiro atoms. The Balaban J connectivity index is 2.17. The number of aliphatic hydroxyl groups excluding tert-OH is 1. The van der Waals surface area contributed by atoms with Gasteiger partial charge in [-0.15, -0.1) is 0 Å². The van der Waals surface area contributed by atoms with Gasteiger partial charge in [-0.2, -0.15) is 0 Å². The minimum absolute atomic E-state index is 0.374. The van der Waals surface area contributed by atoms with E-state index in [1.807, 2.05) is 0 Å². The van der Waals surface area contributed by atoms with Crippen molar-refractivity contribution in [1.29, 1.82) is 0 Å². The lowest BCUT2D eigenvalue weighted by Gasteiger charge is -2.19. The van der Waals surface area contributed by atoms with Crippen molar-refractivity contribution in [2.45, 2.75) is 51.9 Å². The second-order valence-electron chi connectivity index (χ2n) is 4.14. The number of rotatable bonds is 5. The van der Waals surface area contributed by atoms with E-state index in [4.69, 9.17) is 5.11 Å². The molecule has 13 heavy (non-hydrogen) atoms. The predicted molar refractivity (Wildman–Crippen MR) is 56.7 cm³/mol. The Labute approximate surface area is 81.9 Å². The topological polar surface area (TPSA) is 20.2 Å². The van der Waals surface area contributed by atoms with Crippen LogP contribution in [0.5, 0.6) is 0 Å². The van der Waals surface area contributed by atoms with Crippen molar-refractivity contribution in [3.63, 3.8) is 0 Å². The Bertz CT molecular complexity index is 161. The monoisotopic (exact) mass is 182 g/mol. The Morgan fingerprint density at radius 3 is 2.85 bits per heavy atom. The highest BCUT2D eigenvalue weighted by Crippen LogP contribution is 2.26. The number of aliphatic hydroxyl groups is 1. The van der Waals surface area contributed by atoms with E-state index >= 15 is 0 Å². The molecule has 1 aliphatic rings. The van der Waals surface area contributed by atoms with Gasteiger partial charge in [0, 0.05) is 6.61 Å². The molecule has 0 aromatic heterocycles. The SMILES string of the molecule is CCCCCC1=CCC(CO)CC1. The standard InChI is InChI=1S/C12H22O/c1-2-3-4-5-11-6-8-12(10-13)9-7-11/h6,12-13H,2-5,7-10H2,1H3. The molecule has 0 aliphatic heterocycles. The molecule has 1 heteroatoms. The average Bonchev–Trinajstić information content (AvgIpc) is 2.19. The second kappa shape index (κ2) is 6.20. The largest absolute Gasteiger partial charge is 0.396 e. The van der Waals surface area contributed by atoms with Gasteiger partial charge in [0.2, 0.25) is 0 Å². The van der Waals surface area contributed by atoms with E-state index < -0.39 is 0 Å². The summed E-state index contributed by atoms with van der Waals surface area (Å²) in [6.45, 7) is 2.62. The number of unbranched alkanes of at least 4 members (excludes halogenated alkanes) is 2. The molecule has 0 aromatic carbocycles. The van der Waals surface area contributed by atoms with Gasteiger partial charge in [0.25, 0.3) is 0 Å². The zero-order valence-corrected chi connectivity index (χ0v) is 8.76. The van der Waals surface area contributed by atoms with Gasteiger partial charge in [-0.1, -0.05) is 31.4 Å². The van der Waals surface area contributed by atoms with Gasteiger partial charge in [0.15, 0.2) is 0 Å². The number of allylic oxidation sites excluding steroid dienone is 2. The predicted octanol–water partition coefficient (Wildman–Crippen LogP) is 3.29. The third kappa shape index (κ3) is 3.95. The van der Waals surface area contributed by atoms with Crippen LogP contribution in [0, 0.1) is 5.92 Å². The molecule has 0 radical (unpaired) electrons. The summed E-state index contributed by atoms with van der Waals surface area (Å²) in [5.41, 5.74) is 1.64. The summed E-state index contributed by atoms with van der Waals surface area (Å²) in [5.74, 6) is 0.551. The molecule has 0 saturated heterocycles. The minimum atomic E-state index is 0.374. The highest BCUT2D eigenvalue weighted by atomic mass is 16.3. The Morgan fingerprint density at radius 1 is 1.46 bits per heavy atom. The zero-order chi connectivity index (χ0) is 9.52. The smallest absolute Gasteiger partial charge is 0.0462 e. The van der Waals surface area contributed by atoms with Crippen LogP contribution in [0.3, 0.4) is 0 Å². The summed E-state index contributed by atoms with van der Waals surface area (Å²) < 4.78 is 0. The number of hydrogen-bond acceptors (Lipinski definition) is 1. The maximum atomic E-state index is 8.96. The molecule has 1 unspecified atom stereocenters. The van der Waals surface area contributed by atoms with Gasteiger partial charge < -0.3 is 5.11 Å². The van der Waals surface area contributed by atoms with Crippen molar-refractivity contribution in [3.8, 4) is 0 Å². The Kier molecular flexibility index (Phi) is 5.14. The van der Waals surface area contributed by atoms with Crippen LogP contribution < -0.4 is 0 Å². The molecular formula is C12H22O. The van der Waals surface area contributed by atoms with Gasteiger partial charge >= 0.3 is 0 Å². The van der Waals surface area contributed by atoms with Crippen molar-refractivity contribution in [1.82, 2.24) is 0 Å². The van der Waals surface area contributed by atoms with E-state index in [2.05, 4.69) is 13.0 Å². The van der Waals surface area contributed by atoms with Crippen LogP contribution in [0.4, 0.5) is 0 Å². The fourth-order valence-corrected chi connectivity index (χ4v) is 1.94. The summed E-state index contributed by atoms with van der Waals surface area (Å²) in [4.78, 5) is 0. The molecule has 1 N–H and O–H groups in total. The molecule has 1 nitrogen and oxygen atoms in total. The van der Waals surface area contributed by atoms with Crippen molar-refractivity contribution < 1.29 is 5.11 Å². The normalized spacial score (nSPS) is 22.9. The van der Waals surface area contributed by atoms with Crippen molar-refractivity contribution in [3.05, 3.63) is 11.6 Å². The molecule has 0 amide bonds. The van der Waals surface area contributed by atoms with Crippen LogP contribution in [0.15, 0.2) is 11.6 Å². The minimum Gasteiger partial charge on any atom is -0.396 e. The fraction of sp³-hybridized carbons (Fsp3) is 0.833. The summed E-state index contributed by atoms with van der Waals surface area (Å²) in [6, 6.07) is 0. The first-order valence-corrected chi connectivity index (χ1v) is 5.65. The van der Waals surface area contributed by atoms with E-state index in [-0.39, 0.29) is 0 Å². The Morgan fingerprint density at radius 2 is 2.31 bits per heavy atom. The summed E-state index contributed by atoms with van der Waals surface area (Å²) in [6.07, 6.45) is 11.2. The third-order valence-corrected chi connectivity index (χ3v) is 2.97. The third-order valence-electron chi connectivity index (χ3n) is 2.97. The summed E-state index contributed by atoms with van der Waals surface area (Å²) in [5, 5.41) is 8.96. The molecule has 76 valence electrons. The lowest BCUT2D eigenvalue weighted by molar-refractivity contribution is 0.215. The van der Waals surface area contributed by atoms with E-state index in [0.29, 0.717) is 12.5 Å². The lowest BCUT2D eigenvalue weighted by Crippen LogP contribution is -2.09. The molecule has 0 bridgehead atoms. The lowest BCUT2D eigenvalue weighted by atomic mass is 9.88. The summed E-state index contributed by atoms with van der Waals surface area (Å²) in [7, 11) is 0. The van der Waals surface area contributed by atoms with Crippen molar-refractivity contribution >= 4 is 0 Å². The first-order valence-electron chi connectivity index (χ1n) is 5.65. The van der Waals surface area contributed by atoms with Gasteiger partial charge in [-0.3, -0.25) is 0 Å². The van der Waals surface area contributed by atoms with Crippen LogP contribution in [0.25, 0.3) is 0 Å². The van der Waals surface area contributed by atoms with E-state index in [0.717, 1.165) is 6.42 Å². The van der Waals surface area contributed by atoms with Gasteiger partial charge in [0.05, 0.1) is 0 Å². The molecule has 0 heterocycles. The van der Waals surface area contributed by atoms with Gasteiger partial charge in [-0.05, 0) is 38.0 Å². The Hall–Kier alpha value is -0.300. The highest BCUT2D eigenvalue weighted by Gasteiger charge is 2.12. The van der Waals surface area contributed by atoms with Crippen LogP contribution in [0.2, 0.25) is 0 Å². The van der Waals surface area contributed by atoms with Crippen LogP contribution in [-0.4, -0.2) is 11.7 Å². The van der Waals surface area contributed by atoms with Crippen LogP contribution in [0.1, 0.15) is 51.9 Å². The first kappa shape index (κ1) is 10.8. The van der Waals surface area contributed by atoms with E-state index in [1.54, 1.807) is 5.57 Å². The number of hydrogen-bond donors (Lipinski definition) is 1. The van der Waals surface area contributed by atoms with Crippen molar-refractivity contribution in [2.75, 3.05) is 6.61 Å². The molecule has 0 aromatic rings. The highest BCUT2D eigenvalue weighted by molar-refractivity contribution is 5.06. The maximum absolute atomic E-state index is 8.96. The molecule has 0 saturated carbocycles. The average molecular weight is 182 g/mol. The summed E-state index contributed by atoms with van der Waals surface area (Å²) >= 11 is 0. The zero-order valence-electron chi connectivity index (χ0n) is 8.76. The van der Waals surface area contributed by atoms with E-state index in [9.17, 15) is 0 Å². The van der Waals surface area contributed by atoms with Crippen molar-refractivity contribution in [2.24, 2.45) is 5.92 Å². The molecule has 1 rings (SSSR count).